The van der Waals surface area contributed by atoms with Crippen molar-refractivity contribution in [1.29, 1.82) is 0 Å². The van der Waals surface area contributed by atoms with E-state index in [1.165, 1.54) is 9.58 Å². The van der Waals surface area contributed by atoms with E-state index in [9.17, 15) is 9.59 Å². The van der Waals surface area contributed by atoms with Crippen molar-refractivity contribution >= 4 is 28.5 Å². The molecule has 1 aliphatic heterocycles. The molecule has 0 saturated carbocycles. The number of rotatable bonds is 10. The second-order valence-electron chi connectivity index (χ2n) is 9.26. The molecular formula is C29H31N5O5. The van der Waals surface area contributed by atoms with E-state index in [4.69, 9.17) is 14.2 Å². The fourth-order valence-electron chi connectivity index (χ4n) is 4.78. The minimum Gasteiger partial charge on any atom is -0.497 e. The Morgan fingerprint density at radius 3 is 2.59 bits per heavy atom. The quantitative estimate of drug-likeness (QED) is 0.335. The summed E-state index contributed by atoms with van der Waals surface area (Å²) in [5, 5.41) is 11.4. The number of nitrogens with zero attached hydrogens (tertiary/aromatic N) is 4. The number of ether oxygens (including phenoxy) is 3. The molecule has 39 heavy (non-hydrogen) atoms. The van der Waals surface area contributed by atoms with Gasteiger partial charge < -0.3 is 19.5 Å². The van der Waals surface area contributed by atoms with Crippen LogP contribution < -0.4 is 19.7 Å². The monoisotopic (exact) mass is 529 g/mol. The molecule has 0 spiro atoms. The summed E-state index contributed by atoms with van der Waals surface area (Å²) in [5.41, 5.74) is 2.50. The first-order valence-corrected chi connectivity index (χ1v) is 12.8. The molecule has 10 heteroatoms. The number of hydrogen-bond acceptors (Lipinski definition) is 7. The molecule has 1 fully saturated rings. The fourth-order valence-corrected chi connectivity index (χ4v) is 4.78. The first-order chi connectivity index (χ1) is 19.1. The molecule has 0 radical (unpaired) electrons. The summed E-state index contributed by atoms with van der Waals surface area (Å²) in [6.45, 7) is 0.907. The third kappa shape index (κ3) is 5.85. The number of aromatic nitrogens is 3. The van der Waals surface area contributed by atoms with Crippen molar-refractivity contribution in [1.82, 2.24) is 20.3 Å². The predicted molar refractivity (Wildman–Crippen MR) is 146 cm³/mol. The van der Waals surface area contributed by atoms with E-state index < -0.39 is 6.04 Å². The third-order valence-corrected chi connectivity index (χ3v) is 6.75. The van der Waals surface area contributed by atoms with Crippen LogP contribution in [0.25, 0.3) is 11.0 Å². The van der Waals surface area contributed by atoms with E-state index in [0.29, 0.717) is 41.4 Å². The van der Waals surface area contributed by atoms with Crippen LogP contribution in [0.2, 0.25) is 0 Å². The summed E-state index contributed by atoms with van der Waals surface area (Å²) < 4.78 is 18.1. The summed E-state index contributed by atoms with van der Waals surface area (Å²) in [4.78, 5) is 29.6. The van der Waals surface area contributed by atoms with Crippen LogP contribution in [-0.2, 0) is 20.9 Å². The molecule has 0 bridgehead atoms. The number of anilines is 1. The summed E-state index contributed by atoms with van der Waals surface area (Å²) in [5.74, 6) is 0.447. The van der Waals surface area contributed by atoms with Gasteiger partial charge in [-0.3, -0.25) is 14.5 Å². The summed E-state index contributed by atoms with van der Waals surface area (Å²) in [7, 11) is 3.12. The number of carbonyl (C=O) groups is 2. The van der Waals surface area contributed by atoms with E-state index in [1.54, 1.807) is 56.7 Å². The standard InChI is InChI=1S/C29H31N5O5/c1-37-22-10-5-8-20(16-22)28(29(36)30-18-24-12-7-15-39-24)34(21-9-6-11-23(17-21)38-2)27(35)19-33-26-14-4-3-13-25(26)31-32-33/h3-6,8-11,13-14,16-17,24,28H,7,12,15,18-19H2,1-2H3,(H,30,36)/t24-,28-/m0/s1. The van der Waals surface area contributed by atoms with Crippen molar-refractivity contribution in [3.8, 4) is 11.5 Å². The number of carbonyl (C=O) groups excluding carboxylic acids is 2. The largest absolute Gasteiger partial charge is 0.497 e. The Kier molecular flexibility index (Phi) is 8.02. The van der Waals surface area contributed by atoms with Crippen LogP contribution in [0, 0.1) is 0 Å². The lowest BCUT2D eigenvalue weighted by molar-refractivity contribution is -0.127. The molecule has 3 aromatic carbocycles. The molecule has 202 valence electrons. The minimum absolute atomic E-state index is 0.0533. The van der Waals surface area contributed by atoms with Gasteiger partial charge in [0.1, 0.15) is 29.6 Å². The van der Waals surface area contributed by atoms with Gasteiger partial charge in [0.25, 0.3) is 0 Å². The Hall–Kier alpha value is -4.44. The second kappa shape index (κ2) is 12.0. The Labute approximate surface area is 226 Å². The Morgan fingerprint density at radius 1 is 1.05 bits per heavy atom. The highest BCUT2D eigenvalue weighted by molar-refractivity contribution is 6.01. The van der Waals surface area contributed by atoms with Crippen LogP contribution in [-0.4, -0.2) is 60.3 Å². The first kappa shape index (κ1) is 26.2. The average molecular weight is 530 g/mol. The first-order valence-electron chi connectivity index (χ1n) is 12.8. The van der Waals surface area contributed by atoms with Crippen molar-refractivity contribution in [3.63, 3.8) is 0 Å². The molecule has 1 aliphatic rings. The number of hydrogen-bond donors (Lipinski definition) is 1. The van der Waals surface area contributed by atoms with E-state index in [1.807, 2.05) is 30.3 Å². The highest BCUT2D eigenvalue weighted by Gasteiger charge is 2.34. The van der Waals surface area contributed by atoms with Crippen molar-refractivity contribution in [3.05, 3.63) is 78.4 Å². The van der Waals surface area contributed by atoms with Crippen molar-refractivity contribution in [2.75, 3.05) is 32.3 Å². The zero-order valence-corrected chi connectivity index (χ0v) is 21.9. The molecule has 5 rings (SSSR count). The Bertz CT molecular complexity index is 1450. The van der Waals surface area contributed by atoms with Crippen molar-refractivity contribution < 1.29 is 23.8 Å². The number of fused-ring (bicyclic) bond motifs is 1. The molecule has 2 heterocycles. The third-order valence-electron chi connectivity index (χ3n) is 6.75. The number of benzene rings is 3. The lowest BCUT2D eigenvalue weighted by atomic mass is 10.0. The van der Waals surface area contributed by atoms with Gasteiger partial charge in [-0.15, -0.1) is 5.10 Å². The molecular weight excluding hydrogens is 498 g/mol. The average Bonchev–Trinajstić information content (AvgIpc) is 3.65. The lowest BCUT2D eigenvalue weighted by Gasteiger charge is -2.32. The summed E-state index contributed by atoms with van der Waals surface area (Å²) in [6.07, 6.45) is 1.78. The van der Waals surface area contributed by atoms with Crippen LogP contribution in [0.3, 0.4) is 0 Å². The van der Waals surface area contributed by atoms with Gasteiger partial charge in [-0.1, -0.05) is 35.5 Å². The normalized spacial score (nSPS) is 15.6. The zero-order chi connectivity index (χ0) is 27.2. The maximum absolute atomic E-state index is 14.1. The van der Waals surface area contributed by atoms with E-state index in [2.05, 4.69) is 15.6 Å². The minimum atomic E-state index is -1.00. The fraction of sp³-hybridized carbons (Fsp3) is 0.310. The van der Waals surface area contributed by atoms with Gasteiger partial charge >= 0.3 is 0 Å². The summed E-state index contributed by atoms with van der Waals surface area (Å²) in [6, 6.07) is 20.7. The SMILES string of the molecule is COc1cccc([C@@H](C(=O)NC[C@@H]2CCCO2)N(C(=O)Cn2nnc3ccccc32)c2cccc(OC)c2)c1. The van der Waals surface area contributed by atoms with Crippen LogP contribution in [0.15, 0.2) is 72.8 Å². The van der Waals surface area contributed by atoms with Gasteiger partial charge in [-0.05, 0) is 54.8 Å². The van der Waals surface area contributed by atoms with Gasteiger partial charge in [0.05, 0.1) is 25.8 Å². The molecule has 0 unspecified atom stereocenters. The molecule has 10 nitrogen and oxygen atoms in total. The van der Waals surface area contributed by atoms with Gasteiger partial charge in [0, 0.05) is 24.9 Å². The van der Waals surface area contributed by atoms with Gasteiger partial charge in [0.15, 0.2) is 0 Å². The van der Waals surface area contributed by atoms with Crippen molar-refractivity contribution in [2.24, 2.45) is 0 Å². The number of amides is 2. The lowest BCUT2D eigenvalue weighted by Crippen LogP contribution is -2.46. The van der Waals surface area contributed by atoms with Crippen LogP contribution >= 0.6 is 0 Å². The number of methoxy groups -OCH3 is 2. The van der Waals surface area contributed by atoms with Crippen LogP contribution in [0.4, 0.5) is 5.69 Å². The topological polar surface area (TPSA) is 108 Å². The molecule has 1 saturated heterocycles. The van der Waals surface area contributed by atoms with E-state index >= 15 is 0 Å². The highest BCUT2D eigenvalue weighted by atomic mass is 16.5. The smallest absolute Gasteiger partial charge is 0.249 e. The maximum atomic E-state index is 14.1. The van der Waals surface area contributed by atoms with E-state index in [0.717, 1.165) is 18.4 Å². The molecule has 2 atom stereocenters. The van der Waals surface area contributed by atoms with Crippen LogP contribution in [0.1, 0.15) is 24.4 Å². The molecule has 0 aliphatic carbocycles. The maximum Gasteiger partial charge on any atom is 0.249 e. The van der Waals surface area contributed by atoms with Crippen molar-refractivity contribution in [2.45, 2.75) is 31.5 Å². The van der Waals surface area contributed by atoms with Gasteiger partial charge in [0.2, 0.25) is 11.8 Å². The number of nitrogens with one attached hydrogen (secondary N) is 1. The Morgan fingerprint density at radius 2 is 1.82 bits per heavy atom. The second-order valence-corrected chi connectivity index (χ2v) is 9.26. The Balaban J connectivity index is 1.56. The molecule has 1 aromatic heterocycles. The predicted octanol–water partition coefficient (Wildman–Crippen LogP) is 3.52. The molecule has 2 amide bonds. The highest BCUT2D eigenvalue weighted by Crippen LogP contribution is 2.32. The molecule has 1 N–H and O–H groups in total. The summed E-state index contributed by atoms with van der Waals surface area (Å²) >= 11 is 0. The van der Waals surface area contributed by atoms with Gasteiger partial charge in [-0.2, -0.15) is 0 Å². The number of para-hydroxylation sites is 1. The van der Waals surface area contributed by atoms with E-state index in [-0.39, 0.29) is 24.5 Å². The van der Waals surface area contributed by atoms with Crippen LogP contribution in [0.5, 0.6) is 11.5 Å². The molecule has 4 aromatic rings. The zero-order valence-electron chi connectivity index (χ0n) is 21.9. The van der Waals surface area contributed by atoms with Gasteiger partial charge in [-0.25, -0.2) is 4.68 Å².